The van der Waals surface area contributed by atoms with Crippen molar-refractivity contribution in [1.82, 2.24) is 24.5 Å². The number of fused-ring (bicyclic) bond motifs is 1. The Morgan fingerprint density at radius 1 is 1.08 bits per heavy atom. The molecule has 1 fully saturated rings. The van der Waals surface area contributed by atoms with Gasteiger partial charge >= 0.3 is 0 Å². The SMILES string of the molecule is CC(=O)c1c([C@@H]2CC(C)N(C(=O)CO)[C@@H](C)C2)nc2c(-c3ccc(-c4c(F)cccc4F)nc3)cnn2c1N. The Morgan fingerprint density at radius 3 is 2.31 bits per heavy atom. The molecule has 5 rings (SSSR count). The number of Topliss-reactive ketones (excluding diaryl/α,β-unsaturated/α-hetero) is 1. The number of aliphatic hydroxyl groups is 1. The van der Waals surface area contributed by atoms with Gasteiger partial charge in [-0.3, -0.25) is 14.6 Å². The number of carbonyl (C=O) groups is 2. The molecule has 4 aromatic rings. The molecule has 3 aromatic heterocycles. The molecule has 9 nitrogen and oxygen atoms in total. The van der Waals surface area contributed by atoms with E-state index < -0.39 is 18.2 Å². The van der Waals surface area contributed by atoms with Crippen molar-refractivity contribution < 1.29 is 23.5 Å². The van der Waals surface area contributed by atoms with Gasteiger partial charge in [0, 0.05) is 35.3 Å². The molecule has 11 heteroatoms. The third-order valence-electron chi connectivity index (χ3n) is 7.37. The minimum atomic E-state index is -0.711. The zero-order valence-electron chi connectivity index (χ0n) is 21.7. The van der Waals surface area contributed by atoms with Gasteiger partial charge in [-0.05, 0) is 51.8 Å². The smallest absolute Gasteiger partial charge is 0.248 e. The van der Waals surface area contributed by atoms with Crippen LogP contribution in [0.2, 0.25) is 0 Å². The molecule has 0 spiro atoms. The number of carbonyl (C=O) groups excluding carboxylic acids is 2. The van der Waals surface area contributed by atoms with E-state index in [0.29, 0.717) is 35.3 Å². The number of pyridine rings is 1. The van der Waals surface area contributed by atoms with Gasteiger partial charge in [0.2, 0.25) is 5.91 Å². The molecule has 0 aliphatic carbocycles. The summed E-state index contributed by atoms with van der Waals surface area (Å²) < 4.78 is 29.9. The van der Waals surface area contributed by atoms with Gasteiger partial charge in [0.1, 0.15) is 24.1 Å². The van der Waals surface area contributed by atoms with Crippen LogP contribution in [0.25, 0.3) is 28.0 Å². The van der Waals surface area contributed by atoms with E-state index in [2.05, 4.69) is 10.1 Å². The highest BCUT2D eigenvalue weighted by molar-refractivity contribution is 6.00. The Bertz CT molecular complexity index is 1550. The molecule has 1 aliphatic heterocycles. The van der Waals surface area contributed by atoms with E-state index >= 15 is 0 Å². The number of anilines is 1. The number of nitrogens with zero attached hydrogens (tertiary/aromatic N) is 5. The first kappa shape index (κ1) is 26.4. The average Bonchev–Trinajstić information content (AvgIpc) is 3.32. The second-order valence-electron chi connectivity index (χ2n) is 9.96. The van der Waals surface area contributed by atoms with Crippen LogP contribution in [0, 0.1) is 11.6 Å². The predicted octanol–water partition coefficient (Wildman–Crippen LogP) is 4.00. The van der Waals surface area contributed by atoms with Crippen molar-refractivity contribution in [3.8, 4) is 22.4 Å². The van der Waals surface area contributed by atoms with Crippen LogP contribution in [0.15, 0.2) is 42.7 Å². The van der Waals surface area contributed by atoms with Crippen LogP contribution in [0.5, 0.6) is 0 Å². The zero-order chi connectivity index (χ0) is 28.0. The highest BCUT2D eigenvalue weighted by atomic mass is 19.1. The van der Waals surface area contributed by atoms with Gasteiger partial charge in [-0.25, -0.2) is 13.8 Å². The van der Waals surface area contributed by atoms with E-state index in [0.717, 1.165) is 0 Å². The van der Waals surface area contributed by atoms with Gasteiger partial charge in [-0.15, -0.1) is 0 Å². The Balaban J connectivity index is 1.58. The number of nitrogens with two attached hydrogens (primary N) is 1. The van der Waals surface area contributed by atoms with Gasteiger partial charge in [0.15, 0.2) is 11.4 Å². The largest absolute Gasteiger partial charge is 0.387 e. The number of likely N-dealkylation sites (tertiary alicyclic amines) is 1. The maximum atomic E-state index is 14.3. The number of rotatable bonds is 5. The molecular formula is C28H28F2N6O3. The lowest BCUT2D eigenvalue weighted by molar-refractivity contribution is -0.140. The third-order valence-corrected chi connectivity index (χ3v) is 7.37. The number of aliphatic hydroxyl groups excluding tert-OH is 1. The summed E-state index contributed by atoms with van der Waals surface area (Å²) in [6.45, 7) is 4.67. The van der Waals surface area contributed by atoms with Crippen LogP contribution in [0.1, 0.15) is 55.6 Å². The quantitative estimate of drug-likeness (QED) is 0.371. The average molecular weight is 535 g/mol. The van der Waals surface area contributed by atoms with Gasteiger partial charge in [0.25, 0.3) is 0 Å². The van der Waals surface area contributed by atoms with E-state index in [9.17, 15) is 23.5 Å². The Labute approximate surface area is 223 Å². The summed E-state index contributed by atoms with van der Waals surface area (Å²) in [7, 11) is 0. The minimum Gasteiger partial charge on any atom is -0.387 e. The molecule has 0 radical (unpaired) electrons. The molecule has 1 unspecified atom stereocenters. The number of nitrogen functional groups attached to an aromatic ring is 1. The Morgan fingerprint density at radius 2 is 1.74 bits per heavy atom. The number of hydrogen-bond acceptors (Lipinski definition) is 7. The minimum absolute atomic E-state index is 0.144. The summed E-state index contributed by atoms with van der Waals surface area (Å²) in [4.78, 5) is 35.8. The normalized spacial score (nSPS) is 19.4. The second kappa shape index (κ2) is 10.1. The zero-order valence-corrected chi connectivity index (χ0v) is 21.7. The lowest BCUT2D eigenvalue weighted by atomic mass is 9.82. The summed E-state index contributed by atoms with van der Waals surface area (Å²) in [5.74, 6) is -2.03. The van der Waals surface area contributed by atoms with Crippen molar-refractivity contribution in [2.24, 2.45) is 0 Å². The van der Waals surface area contributed by atoms with E-state index in [1.807, 2.05) is 13.8 Å². The highest BCUT2D eigenvalue weighted by Gasteiger charge is 2.37. The standard InChI is InChI=1S/C28H28F2N6O3/c1-14-9-18(10-15(2)35(14)23(39)13-37)26-24(16(3)38)27(31)36-28(34-26)19(12-33-36)17-7-8-22(32-11-17)25-20(29)5-4-6-21(25)30/h4-8,11-12,14-15,18,37H,9-10,13,31H2,1-3H3/t14-,15?,18-/m0/s1. The van der Waals surface area contributed by atoms with Gasteiger partial charge < -0.3 is 15.7 Å². The van der Waals surface area contributed by atoms with Crippen LogP contribution in [0.4, 0.5) is 14.6 Å². The van der Waals surface area contributed by atoms with E-state index in [1.165, 1.54) is 41.9 Å². The van der Waals surface area contributed by atoms with Crippen molar-refractivity contribution in [2.45, 2.75) is 51.6 Å². The number of hydrogen-bond donors (Lipinski definition) is 2. The molecule has 1 aromatic carbocycles. The van der Waals surface area contributed by atoms with Crippen LogP contribution >= 0.6 is 0 Å². The molecular weight excluding hydrogens is 506 g/mol. The predicted molar refractivity (Wildman–Crippen MR) is 141 cm³/mol. The number of benzene rings is 1. The van der Waals surface area contributed by atoms with Crippen LogP contribution in [-0.2, 0) is 4.79 Å². The fraction of sp³-hybridized carbons (Fsp3) is 0.321. The molecule has 39 heavy (non-hydrogen) atoms. The maximum absolute atomic E-state index is 14.3. The topological polar surface area (TPSA) is 127 Å². The summed E-state index contributed by atoms with van der Waals surface area (Å²) in [6, 6.07) is 6.46. The Hall–Kier alpha value is -4.25. The van der Waals surface area contributed by atoms with Crippen LogP contribution < -0.4 is 5.73 Å². The van der Waals surface area contributed by atoms with Gasteiger partial charge in [-0.2, -0.15) is 9.61 Å². The van der Waals surface area contributed by atoms with Gasteiger partial charge in [0.05, 0.1) is 28.7 Å². The first-order valence-electron chi connectivity index (χ1n) is 12.6. The van der Waals surface area contributed by atoms with Crippen molar-refractivity contribution in [2.75, 3.05) is 12.3 Å². The molecule has 3 atom stereocenters. The fourth-order valence-electron chi connectivity index (χ4n) is 5.71. The first-order chi connectivity index (χ1) is 18.6. The number of piperidine rings is 1. The molecule has 1 saturated heterocycles. The highest BCUT2D eigenvalue weighted by Crippen LogP contribution is 2.38. The number of aromatic nitrogens is 4. The fourth-order valence-corrected chi connectivity index (χ4v) is 5.71. The van der Waals surface area contributed by atoms with E-state index in [1.54, 1.807) is 17.2 Å². The van der Waals surface area contributed by atoms with Crippen molar-refractivity contribution in [3.05, 3.63) is 65.6 Å². The lowest BCUT2D eigenvalue weighted by Gasteiger charge is -2.42. The number of ketones is 1. The Kier molecular flexibility index (Phi) is 6.85. The van der Waals surface area contributed by atoms with E-state index in [4.69, 9.17) is 10.7 Å². The monoisotopic (exact) mass is 534 g/mol. The van der Waals surface area contributed by atoms with Crippen molar-refractivity contribution in [3.63, 3.8) is 0 Å². The molecule has 202 valence electrons. The molecule has 0 bridgehead atoms. The summed E-state index contributed by atoms with van der Waals surface area (Å²) >= 11 is 0. The van der Waals surface area contributed by atoms with Crippen LogP contribution in [0.3, 0.4) is 0 Å². The van der Waals surface area contributed by atoms with E-state index in [-0.39, 0.29) is 52.3 Å². The van der Waals surface area contributed by atoms with Gasteiger partial charge in [-0.1, -0.05) is 12.1 Å². The molecule has 1 amide bonds. The molecule has 3 N–H and O–H groups in total. The summed E-state index contributed by atoms with van der Waals surface area (Å²) in [5, 5.41) is 13.7. The van der Waals surface area contributed by atoms with Crippen molar-refractivity contribution >= 4 is 23.2 Å². The summed E-state index contributed by atoms with van der Waals surface area (Å²) in [5.41, 5.74) is 8.80. The summed E-state index contributed by atoms with van der Waals surface area (Å²) in [6.07, 6.45) is 4.11. The maximum Gasteiger partial charge on any atom is 0.248 e. The first-order valence-corrected chi connectivity index (χ1v) is 12.6. The second-order valence-corrected chi connectivity index (χ2v) is 9.96. The van der Waals surface area contributed by atoms with Crippen molar-refractivity contribution in [1.29, 1.82) is 0 Å². The molecule has 1 aliphatic rings. The molecule has 0 saturated carbocycles. The molecule has 4 heterocycles. The third kappa shape index (κ3) is 4.52. The number of halogens is 2. The number of amides is 1. The van der Waals surface area contributed by atoms with Crippen LogP contribution in [-0.4, -0.2) is 60.0 Å². The lowest BCUT2D eigenvalue weighted by Crippen LogP contribution is -2.50.